The van der Waals surface area contributed by atoms with E-state index < -0.39 is 79.9 Å². The van der Waals surface area contributed by atoms with E-state index in [-0.39, 0.29) is 41.5 Å². The lowest BCUT2D eigenvalue weighted by Crippen LogP contribution is -2.49. The number of allylic oxidation sites excluding steroid dienone is 2. The molecule has 2 aliphatic carbocycles. The van der Waals surface area contributed by atoms with Gasteiger partial charge in [-0.1, -0.05) is 29.8 Å². The van der Waals surface area contributed by atoms with E-state index in [9.17, 15) is 44.5 Å². The summed E-state index contributed by atoms with van der Waals surface area (Å²) in [5.41, 5.74) is -2.08. The first-order valence-electron chi connectivity index (χ1n) is 16.8. The highest BCUT2D eigenvalue weighted by atomic mass is 16.6. The monoisotopic (exact) mass is 725 g/mol. The molecule has 0 spiro atoms. The van der Waals surface area contributed by atoms with E-state index >= 15 is 0 Å². The van der Waals surface area contributed by atoms with Crippen LogP contribution in [0.2, 0.25) is 0 Å². The summed E-state index contributed by atoms with van der Waals surface area (Å²) in [5.74, 6) is -7.02. The molecule has 6 atom stereocenters. The highest BCUT2D eigenvalue weighted by molar-refractivity contribution is 6.25. The average molecular weight is 726 g/mol. The Kier molecular flexibility index (Phi) is 8.23. The van der Waals surface area contributed by atoms with Crippen LogP contribution in [0, 0.1) is 49.3 Å². The Bertz CT molecular complexity index is 2110. The third-order valence-corrected chi connectivity index (χ3v) is 11.3. The number of aromatic hydroxyl groups is 1. The van der Waals surface area contributed by atoms with Gasteiger partial charge in [0.05, 0.1) is 58.6 Å². The van der Waals surface area contributed by atoms with Gasteiger partial charge in [-0.15, -0.1) is 0 Å². The molecule has 0 bridgehead atoms. The first kappa shape index (κ1) is 35.1. The van der Waals surface area contributed by atoms with Crippen LogP contribution in [-0.2, 0) is 19.2 Å². The number of imide groups is 2. The van der Waals surface area contributed by atoms with E-state index in [0.717, 1.165) is 21.9 Å². The van der Waals surface area contributed by atoms with Crippen LogP contribution in [-0.4, -0.2) is 66.9 Å². The number of carbonyl (C=O) groups is 4. The minimum atomic E-state index is -1.45. The number of benzene rings is 3. The van der Waals surface area contributed by atoms with Crippen LogP contribution in [0.4, 0.5) is 28.4 Å². The maximum Gasteiger partial charge on any atom is 0.301 e. The number of fused-ring (bicyclic) bond motifs is 4. The van der Waals surface area contributed by atoms with Crippen molar-refractivity contribution in [1.29, 1.82) is 0 Å². The van der Waals surface area contributed by atoms with Crippen molar-refractivity contribution >= 4 is 52.1 Å². The van der Waals surface area contributed by atoms with Gasteiger partial charge in [0.25, 0.3) is 0 Å². The summed E-state index contributed by atoms with van der Waals surface area (Å²) in [6, 6.07) is 13.1. The summed E-state index contributed by atoms with van der Waals surface area (Å²) in [6.07, 6.45) is 1.83. The van der Waals surface area contributed by atoms with Gasteiger partial charge in [-0.05, 0) is 37.8 Å². The van der Waals surface area contributed by atoms with E-state index in [4.69, 9.17) is 9.47 Å². The van der Waals surface area contributed by atoms with E-state index in [1.807, 2.05) is 0 Å². The zero-order chi connectivity index (χ0) is 38.3. The summed E-state index contributed by atoms with van der Waals surface area (Å²) >= 11 is 0. The third kappa shape index (κ3) is 4.95. The van der Waals surface area contributed by atoms with Crippen LogP contribution >= 0.6 is 0 Å². The van der Waals surface area contributed by atoms with Crippen molar-refractivity contribution in [3.05, 3.63) is 92.0 Å². The molecule has 0 aromatic heterocycles. The lowest BCUT2D eigenvalue weighted by Gasteiger charge is -2.49. The number of phenolic OH excluding ortho intramolecular Hbond substituents is 1. The number of nitro groups is 2. The second kappa shape index (κ2) is 12.4. The highest BCUT2D eigenvalue weighted by Gasteiger charge is 2.68. The molecule has 0 radical (unpaired) electrons. The molecule has 4 aliphatic rings. The molecular weight excluding hydrogens is 690 g/mol. The van der Waals surface area contributed by atoms with Crippen LogP contribution in [0.25, 0.3) is 0 Å². The molecule has 16 nitrogen and oxygen atoms in total. The van der Waals surface area contributed by atoms with Crippen LogP contribution < -0.4 is 24.2 Å². The van der Waals surface area contributed by atoms with Gasteiger partial charge >= 0.3 is 11.4 Å². The first-order chi connectivity index (χ1) is 25.2. The van der Waals surface area contributed by atoms with Crippen LogP contribution in [0.15, 0.2) is 66.2 Å². The van der Waals surface area contributed by atoms with Gasteiger partial charge in [-0.25, -0.2) is 9.80 Å². The summed E-state index contributed by atoms with van der Waals surface area (Å²) < 4.78 is 11.5. The topological polar surface area (TPSA) is 203 Å². The van der Waals surface area contributed by atoms with Gasteiger partial charge in [-0.2, -0.15) is 0 Å². The minimum Gasteiger partial charge on any atom is -0.508 e. The predicted octanol–water partition coefficient (Wildman–Crippen LogP) is 4.73. The number of para-hydroxylation sites is 1. The second-order valence-corrected chi connectivity index (χ2v) is 14.0. The quantitative estimate of drug-likeness (QED) is 0.145. The van der Waals surface area contributed by atoms with Gasteiger partial charge in [0.15, 0.2) is 5.69 Å². The normalized spacial score (nSPS) is 26.1. The summed E-state index contributed by atoms with van der Waals surface area (Å²) in [4.78, 5) is 83.8. The molecule has 1 saturated carbocycles. The number of nitrogens with zero attached hydrogens (tertiary/aromatic N) is 5. The molecule has 3 aromatic rings. The number of amides is 4. The fourth-order valence-corrected chi connectivity index (χ4v) is 9.07. The second-order valence-electron chi connectivity index (χ2n) is 14.0. The molecule has 2 heterocycles. The van der Waals surface area contributed by atoms with Crippen molar-refractivity contribution in [3.8, 4) is 17.2 Å². The van der Waals surface area contributed by atoms with Crippen molar-refractivity contribution in [2.45, 2.75) is 25.7 Å². The Hall–Kier alpha value is -6.32. The number of nitro benzene ring substituents is 2. The van der Waals surface area contributed by atoms with Crippen LogP contribution in [0.5, 0.6) is 17.2 Å². The smallest absolute Gasteiger partial charge is 0.301 e. The number of ether oxygens (including phenoxy) is 2. The Balaban J connectivity index is 1.41. The number of methoxy groups -OCH3 is 2. The number of hydrogen-bond donors (Lipinski definition) is 1. The molecule has 3 fully saturated rings. The Morgan fingerprint density at radius 2 is 1.42 bits per heavy atom. The molecule has 274 valence electrons. The zero-order valence-electron chi connectivity index (χ0n) is 29.3. The molecule has 2 aliphatic heterocycles. The van der Waals surface area contributed by atoms with Crippen LogP contribution in [0.1, 0.15) is 31.2 Å². The van der Waals surface area contributed by atoms with Gasteiger partial charge in [0.2, 0.25) is 23.6 Å². The van der Waals surface area contributed by atoms with Crippen molar-refractivity contribution in [2.24, 2.45) is 29.1 Å². The standard InChI is InChI=1S/C37H35N5O11/c1-37-24(34(45)40(36(37)47)18-9-7-6-8-10-18)17-23-21(31(37)30-27(52-4)15-20(43)16-28(30)53-5)11-12-22-29(23)35(46)39(33(22)44)19-13-25(41(48)49)32(38(2)3)26(14-19)42(50)51/h6-11,13-16,22-24,29,31,43H,12,17H2,1-5H3. The van der Waals surface area contributed by atoms with Crippen LogP contribution in [0.3, 0.4) is 0 Å². The number of hydrogen-bond acceptors (Lipinski definition) is 12. The van der Waals surface area contributed by atoms with Gasteiger partial charge in [0.1, 0.15) is 17.2 Å². The van der Waals surface area contributed by atoms with E-state index in [0.29, 0.717) is 16.8 Å². The highest BCUT2D eigenvalue weighted by Crippen LogP contribution is 2.66. The van der Waals surface area contributed by atoms with E-state index in [1.54, 1.807) is 43.3 Å². The van der Waals surface area contributed by atoms with E-state index in [2.05, 4.69) is 0 Å². The first-order valence-corrected chi connectivity index (χ1v) is 16.8. The summed E-state index contributed by atoms with van der Waals surface area (Å²) in [6.45, 7) is 1.69. The molecule has 16 heteroatoms. The predicted molar refractivity (Wildman–Crippen MR) is 189 cm³/mol. The number of anilines is 3. The van der Waals surface area contributed by atoms with Crippen molar-refractivity contribution < 1.29 is 43.6 Å². The number of phenols is 1. The molecule has 7 rings (SSSR count). The Labute approximate surface area is 302 Å². The molecule has 53 heavy (non-hydrogen) atoms. The molecule has 2 saturated heterocycles. The van der Waals surface area contributed by atoms with E-state index in [1.165, 1.54) is 45.3 Å². The summed E-state index contributed by atoms with van der Waals surface area (Å²) in [5, 5.41) is 34.8. The number of carbonyl (C=O) groups excluding carboxylic acids is 4. The third-order valence-electron chi connectivity index (χ3n) is 11.3. The molecule has 6 unspecified atom stereocenters. The molecule has 3 aromatic carbocycles. The Morgan fingerprint density at radius 3 is 1.94 bits per heavy atom. The SMILES string of the molecule is COc1cc(O)cc(OC)c1C1C2=CCC3C(=O)N(c4cc([N+](=O)[O-])c(N(C)C)c([N+](=O)[O-])c4)C(=O)C3C2CC2C(=O)N(c3ccccc3)C(=O)C21C. The van der Waals surface area contributed by atoms with Crippen molar-refractivity contribution in [1.82, 2.24) is 0 Å². The molecular formula is C37H35N5O11. The Morgan fingerprint density at radius 1 is 0.830 bits per heavy atom. The minimum absolute atomic E-state index is 0.00332. The number of rotatable bonds is 8. The zero-order valence-corrected chi connectivity index (χ0v) is 29.3. The van der Waals surface area contributed by atoms with Gasteiger partial charge < -0.3 is 19.5 Å². The lowest BCUT2D eigenvalue weighted by molar-refractivity contribution is -0.392. The van der Waals surface area contributed by atoms with Gasteiger partial charge in [-0.3, -0.25) is 39.4 Å². The average Bonchev–Trinajstić information content (AvgIpc) is 3.50. The maximum absolute atomic E-state index is 14.7. The summed E-state index contributed by atoms with van der Waals surface area (Å²) in [7, 11) is 5.58. The largest absolute Gasteiger partial charge is 0.508 e. The molecule has 4 amide bonds. The van der Waals surface area contributed by atoms with Crippen molar-refractivity contribution in [3.63, 3.8) is 0 Å². The van der Waals surface area contributed by atoms with Crippen molar-refractivity contribution in [2.75, 3.05) is 43.0 Å². The fourth-order valence-electron chi connectivity index (χ4n) is 9.07. The van der Waals surface area contributed by atoms with Gasteiger partial charge in [0, 0.05) is 49.8 Å². The maximum atomic E-state index is 14.7. The lowest BCUT2D eigenvalue weighted by atomic mass is 9.51. The molecule has 1 N–H and O–H groups in total. The fraction of sp³-hybridized carbons (Fsp3) is 0.351.